The first-order chi connectivity index (χ1) is 6.51. The lowest BCUT2D eigenvalue weighted by atomic mass is 9.85. The van der Waals surface area contributed by atoms with E-state index in [1.54, 1.807) is 0 Å². The minimum atomic E-state index is -1.17. The van der Waals surface area contributed by atoms with Gasteiger partial charge in [0.1, 0.15) is 11.6 Å². The monoisotopic (exact) mass is 197 g/mol. The number of fused-ring (bicyclic) bond motifs is 1. The summed E-state index contributed by atoms with van der Waals surface area (Å²) in [5.74, 6) is -1.08. The predicted molar refractivity (Wildman–Crippen MR) is 46.7 cm³/mol. The van der Waals surface area contributed by atoms with Crippen molar-refractivity contribution < 1.29 is 19.8 Å². The summed E-state index contributed by atoms with van der Waals surface area (Å²) in [5, 5.41) is 21.5. The lowest BCUT2D eigenvalue weighted by Gasteiger charge is -2.28. The molecule has 76 valence electrons. The lowest BCUT2D eigenvalue weighted by molar-refractivity contribution is -0.139. The molecule has 0 unspecified atom stereocenters. The SMILES string of the molecule is O=C1C=C[C@]2(O)C[C@@H](C(=O)O)N[C@@H]2C1. The Balaban J connectivity index is 2.22. The molecule has 0 spiro atoms. The largest absolute Gasteiger partial charge is 0.480 e. The van der Waals surface area contributed by atoms with Crippen LogP contribution in [-0.2, 0) is 9.59 Å². The Bertz CT molecular complexity index is 325. The van der Waals surface area contributed by atoms with Gasteiger partial charge in [0.2, 0.25) is 0 Å². The molecule has 3 atom stereocenters. The fourth-order valence-corrected chi connectivity index (χ4v) is 2.00. The first kappa shape index (κ1) is 9.36. The quantitative estimate of drug-likeness (QED) is 0.505. The number of allylic oxidation sites excluding steroid dienone is 1. The molecule has 0 amide bonds. The first-order valence-electron chi connectivity index (χ1n) is 4.44. The Morgan fingerprint density at radius 1 is 1.64 bits per heavy atom. The molecule has 2 aliphatic rings. The van der Waals surface area contributed by atoms with Crippen LogP contribution < -0.4 is 5.32 Å². The van der Waals surface area contributed by atoms with Gasteiger partial charge in [0, 0.05) is 18.9 Å². The lowest BCUT2D eigenvalue weighted by Crippen LogP contribution is -2.45. The zero-order valence-electron chi connectivity index (χ0n) is 7.43. The van der Waals surface area contributed by atoms with E-state index in [2.05, 4.69) is 5.32 Å². The van der Waals surface area contributed by atoms with Crippen LogP contribution in [0.25, 0.3) is 0 Å². The van der Waals surface area contributed by atoms with Crippen LogP contribution in [0.1, 0.15) is 12.8 Å². The number of carbonyl (C=O) groups is 2. The van der Waals surface area contributed by atoms with Crippen molar-refractivity contribution in [2.45, 2.75) is 30.5 Å². The number of ketones is 1. The first-order valence-corrected chi connectivity index (χ1v) is 4.44. The number of carbonyl (C=O) groups excluding carboxylic acids is 1. The van der Waals surface area contributed by atoms with E-state index in [4.69, 9.17) is 5.11 Å². The molecule has 1 heterocycles. The van der Waals surface area contributed by atoms with Gasteiger partial charge in [-0.25, -0.2) is 0 Å². The molecule has 2 rings (SSSR count). The Morgan fingerprint density at radius 3 is 3.00 bits per heavy atom. The van der Waals surface area contributed by atoms with Crippen molar-refractivity contribution in [3.05, 3.63) is 12.2 Å². The normalized spacial score (nSPS) is 41.1. The van der Waals surface area contributed by atoms with E-state index < -0.39 is 23.7 Å². The number of aliphatic carboxylic acids is 1. The number of carboxylic acid groups (broad SMARTS) is 1. The molecule has 1 aliphatic carbocycles. The highest BCUT2D eigenvalue weighted by atomic mass is 16.4. The zero-order chi connectivity index (χ0) is 10.3. The summed E-state index contributed by atoms with van der Waals surface area (Å²) in [7, 11) is 0. The molecule has 0 radical (unpaired) electrons. The molecule has 0 saturated carbocycles. The van der Waals surface area contributed by atoms with Crippen molar-refractivity contribution in [2.24, 2.45) is 0 Å². The van der Waals surface area contributed by atoms with Gasteiger partial charge < -0.3 is 10.2 Å². The smallest absolute Gasteiger partial charge is 0.320 e. The second-order valence-corrected chi connectivity index (χ2v) is 3.81. The van der Waals surface area contributed by atoms with Gasteiger partial charge in [0.05, 0.1) is 0 Å². The fourth-order valence-electron chi connectivity index (χ4n) is 2.00. The Morgan fingerprint density at radius 2 is 2.36 bits per heavy atom. The van der Waals surface area contributed by atoms with Gasteiger partial charge in [-0.05, 0) is 12.2 Å². The number of hydrogen-bond donors (Lipinski definition) is 3. The van der Waals surface area contributed by atoms with Crippen LogP contribution in [-0.4, -0.2) is 39.7 Å². The molecule has 0 bridgehead atoms. The summed E-state index contributed by atoms with van der Waals surface area (Å²) < 4.78 is 0. The molecule has 1 fully saturated rings. The number of aliphatic hydroxyl groups is 1. The van der Waals surface area contributed by atoms with Crippen LogP contribution in [0.3, 0.4) is 0 Å². The highest BCUT2D eigenvalue weighted by molar-refractivity contribution is 5.92. The topological polar surface area (TPSA) is 86.6 Å². The van der Waals surface area contributed by atoms with Crippen LogP contribution in [0.15, 0.2) is 12.2 Å². The molecule has 14 heavy (non-hydrogen) atoms. The summed E-state index contributed by atoms with van der Waals surface area (Å²) in [6.07, 6.45) is 3.01. The fraction of sp³-hybridized carbons (Fsp3) is 0.556. The van der Waals surface area contributed by atoms with E-state index in [1.165, 1.54) is 12.2 Å². The van der Waals surface area contributed by atoms with Gasteiger partial charge in [0.25, 0.3) is 0 Å². The van der Waals surface area contributed by atoms with E-state index in [-0.39, 0.29) is 18.6 Å². The average Bonchev–Trinajstić information content (AvgIpc) is 2.43. The third-order valence-electron chi connectivity index (χ3n) is 2.80. The minimum absolute atomic E-state index is 0.0850. The molecule has 0 aromatic heterocycles. The van der Waals surface area contributed by atoms with Crippen molar-refractivity contribution in [3.63, 3.8) is 0 Å². The van der Waals surface area contributed by atoms with Crippen molar-refractivity contribution in [3.8, 4) is 0 Å². The summed E-state index contributed by atoms with van der Waals surface area (Å²) in [6, 6.07) is -1.22. The zero-order valence-corrected chi connectivity index (χ0v) is 7.43. The van der Waals surface area contributed by atoms with Crippen LogP contribution in [0.4, 0.5) is 0 Å². The van der Waals surface area contributed by atoms with Crippen LogP contribution in [0.2, 0.25) is 0 Å². The number of hydrogen-bond acceptors (Lipinski definition) is 4. The van der Waals surface area contributed by atoms with Crippen molar-refractivity contribution >= 4 is 11.8 Å². The van der Waals surface area contributed by atoms with E-state index in [1.807, 2.05) is 0 Å². The van der Waals surface area contributed by atoms with E-state index >= 15 is 0 Å². The van der Waals surface area contributed by atoms with Crippen molar-refractivity contribution in [1.82, 2.24) is 5.32 Å². The molecule has 5 heteroatoms. The maximum Gasteiger partial charge on any atom is 0.320 e. The third-order valence-corrected chi connectivity index (χ3v) is 2.80. The predicted octanol–water partition coefficient (Wildman–Crippen LogP) is -0.938. The Kier molecular flexibility index (Phi) is 1.94. The van der Waals surface area contributed by atoms with Crippen LogP contribution >= 0.6 is 0 Å². The second-order valence-electron chi connectivity index (χ2n) is 3.81. The van der Waals surface area contributed by atoms with Crippen molar-refractivity contribution in [1.29, 1.82) is 0 Å². The molecule has 3 N–H and O–H groups in total. The molecule has 1 saturated heterocycles. The maximum atomic E-state index is 11.0. The van der Waals surface area contributed by atoms with E-state index in [9.17, 15) is 14.7 Å². The molecule has 0 aromatic rings. The van der Waals surface area contributed by atoms with E-state index in [0.29, 0.717) is 0 Å². The van der Waals surface area contributed by atoms with Gasteiger partial charge >= 0.3 is 5.97 Å². The van der Waals surface area contributed by atoms with Crippen molar-refractivity contribution in [2.75, 3.05) is 0 Å². The Labute approximate surface area is 80.4 Å². The van der Waals surface area contributed by atoms with Gasteiger partial charge in [-0.1, -0.05) is 0 Å². The molecular formula is C9H11NO4. The third kappa shape index (κ3) is 1.34. The maximum absolute atomic E-state index is 11.0. The summed E-state index contributed by atoms with van der Waals surface area (Å²) >= 11 is 0. The summed E-state index contributed by atoms with van der Waals surface area (Å²) in [4.78, 5) is 21.7. The van der Waals surface area contributed by atoms with Gasteiger partial charge in [-0.15, -0.1) is 0 Å². The molecular weight excluding hydrogens is 186 g/mol. The number of nitrogens with one attached hydrogen (secondary N) is 1. The average molecular weight is 197 g/mol. The van der Waals surface area contributed by atoms with Gasteiger partial charge in [-0.2, -0.15) is 0 Å². The van der Waals surface area contributed by atoms with Gasteiger partial charge in [-0.3, -0.25) is 14.9 Å². The van der Waals surface area contributed by atoms with Gasteiger partial charge in [0.15, 0.2) is 5.78 Å². The summed E-state index contributed by atoms with van der Waals surface area (Å²) in [5.41, 5.74) is -1.17. The van der Waals surface area contributed by atoms with E-state index in [0.717, 1.165) is 0 Å². The standard InChI is InChI=1S/C9H11NO4/c11-5-1-2-9(14)4-6(8(12)13)10-7(9)3-5/h1-2,6-7,10,14H,3-4H2,(H,12,13)/t6-,7+,9-/m0/s1. The minimum Gasteiger partial charge on any atom is -0.480 e. The summed E-state index contributed by atoms with van der Waals surface area (Å²) in [6.45, 7) is 0. The number of carboxylic acids is 1. The highest BCUT2D eigenvalue weighted by Crippen LogP contribution is 2.31. The Hall–Kier alpha value is -1.20. The highest BCUT2D eigenvalue weighted by Gasteiger charge is 2.48. The molecule has 1 aliphatic heterocycles. The van der Waals surface area contributed by atoms with Crippen LogP contribution in [0, 0.1) is 0 Å². The second kappa shape index (κ2) is 2.90. The molecule has 0 aromatic carbocycles. The van der Waals surface area contributed by atoms with Crippen LogP contribution in [0.5, 0.6) is 0 Å². The molecule has 5 nitrogen and oxygen atoms in total. The number of rotatable bonds is 1.